The predicted molar refractivity (Wildman–Crippen MR) is 107 cm³/mol. The lowest BCUT2D eigenvalue weighted by Gasteiger charge is -2.10. The van der Waals surface area contributed by atoms with Crippen LogP contribution in [0.3, 0.4) is 0 Å². The Hall–Kier alpha value is -2.40. The Kier molecular flexibility index (Phi) is 5.75. The minimum atomic E-state index is -1.000. The highest BCUT2D eigenvalue weighted by molar-refractivity contribution is 8.05. The van der Waals surface area contributed by atoms with E-state index in [0.29, 0.717) is 16.2 Å². The first-order valence-electron chi connectivity index (χ1n) is 7.77. The minimum absolute atomic E-state index is 0. The van der Waals surface area contributed by atoms with Crippen molar-refractivity contribution in [2.24, 2.45) is 0 Å². The molecule has 0 radical (unpaired) electrons. The Bertz CT molecular complexity index is 1080. The van der Waals surface area contributed by atoms with Crippen LogP contribution in [0.15, 0.2) is 57.1 Å². The van der Waals surface area contributed by atoms with Crippen LogP contribution in [0.4, 0.5) is 5.69 Å². The lowest BCUT2D eigenvalue weighted by Crippen LogP contribution is -2.99. The molecular formula is C18H14ClN2O5S2+. The summed E-state index contributed by atoms with van der Waals surface area (Å²) in [4.78, 5) is 13.4. The number of rotatable bonds is 3. The molecule has 0 aliphatic carbocycles. The quantitative estimate of drug-likeness (QED) is 0.217. The summed E-state index contributed by atoms with van der Waals surface area (Å²) >= 11 is 2.75. The molecule has 144 valence electrons. The van der Waals surface area contributed by atoms with Gasteiger partial charge in [0.1, 0.15) is 4.91 Å². The van der Waals surface area contributed by atoms with Crippen LogP contribution in [0, 0.1) is 5.21 Å². The van der Waals surface area contributed by atoms with Crippen LogP contribution in [0.1, 0.15) is 10.4 Å². The zero-order valence-corrected chi connectivity index (χ0v) is 16.5. The third kappa shape index (κ3) is 3.63. The van der Waals surface area contributed by atoms with Gasteiger partial charge >= 0.3 is 10.2 Å². The molecule has 1 aromatic heterocycles. The molecular weight excluding hydrogens is 424 g/mol. The van der Waals surface area contributed by atoms with Gasteiger partial charge in [0.15, 0.2) is 17.2 Å². The van der Waals surface area contributed by atoms with E-state index >= 15 is 0 Å². The van der Waals surface area contributed by atoms with Crippen LogP contribution in [-0.4, -0.2) is 21.3 Å². The molecule has 3 aromatic rings. The Morgan fingerprint density at radius 2 is 1.79 bits per heavy atom. The van der Waals surface area contributed by atoms with Gasteiger partial charge in [-0.3, -0.25) is 0 Å². The van der Waals surface area contributed by atoms with Crippen molar-refractivity contribution in [1.82, 2.24) is 0 Å². The topological polar surface area (TPSA) is 109 Å². The monoisotopic (exact) mass is 437 g/mol. The van der Waals surface area contributed by atoms with Gasteiger partial charge in [0, 0.05) is 23.9 Å². The van der Waals surface area contributed by atoms with E-state index in [1.807, 2.05) is 5.38 Å². The second-order valence-electron chi connectivity index (χ2n) is 5.77. The highest BCUT2D eigenvalue weighted by atomic mass is 35.5. The molecule has 0 fully saturated rings. The molecule has 4 rings (SSSR count). The number of nitrogens with one attached hydrogen (secondary N) is 1. The van der Waals surface area contributed by atoms with E-state index in [1.54, 1.807) is 28.8 Å². The fraction of sp³-hybridized carbons (Fsp3) is 0. The van der Waals surface area contributed by atoms with Crippen molar-refractivity contribution in [2.45, 2.75) is 4.34 Å². The fourth-order valence-corrected chi connectivity index (χ4v) is 4.85. The number of hydrogen-bond donors (Lipinski definition) is 4. The summed E-state index contributed by atoms with van der Waals surface area (Å²) in [6.45, 7) is 0. The van der Waals surface area contributed by atoms with E-state index < -0.39 is 5.23 Å². The second kappa shape index (κ2) is 7.92. The number of quaternary nitrogens is 1. The number of hydrogen-bond acceptors (Lipinski definition) is 7. The van der Waals surface area contributed by atoms with Crippen molar-refractivity contribution in [3.63, 3.8) is 0 Å². The van der Waals surface area contributed by atoms with Crippen LogP contribution < -0.4 is 9.79 Å². The van der Waals surface area contributed by atoms with E-state index in [2.05, 4.69) is 0 Å². The number of aromatic nitrogens is 1. The molecule has 2 heterocycles. The standard InChI is InChI=1S/C18H12N2O5S2.ClH/c21-14-6-3-11(8-15(14)22)13-9-26-18-19(13)17(23)16(27-18)7-10-1-4-12(5-2-10)20(24)25;/h1-9,20,24H,(H-,21,22);1H/p+1/b16-7-;. The van der Waals surface area contributed by atoms with Gasteiger partial charge in [-0.2, -0.15) is 5.23 Å². The number of phenols is 2. The minimum Gasteiger partial charge on any atom is -0.595 e. The van der Waals surface area contributed by atoms with E-state index in [4.69, 9.17) is 5.21 Å². The van der Waals surface area contributed by atoms with Gasteiger partial charge in [0.25, 0.3) is 0 Å². The Morgan fingerprint density at radius 3 is 2.43 bits per heavy atom. The van der Waals surface area contributed by atoms with E-state index in [1.165, 1.54) is 47.4 Å². The molecule has 1 aliphatic rings. The molecule has 0 saturated heterocycles. The number of allylic oxidation sites excluding steroid dienone is 1. The van der Waals surface area contributed by atoms with Gasteiger partial charge in [0.05, 0.1) is 10.9 Å². The predicted octanol–water partition coefficient (Wildman–Crippen LogP) is 2.73. The molecule has 28 heavy (non-hydrogen) atoms. The van der Waals surface area contributed by atoms with Gasteiger partial charge in [-0.05, 0) is 42.0 Å². The van der Waals surface area contributed by atoms with Crippen LogP contribution in [0.2, 0.25) is 0 Å². The number of carbonyl (C=O) groups excluding carboxylic acids is 1. The zero-order valence-electron chi connectivity index (χ0n) is 14.0. The number of aromatic hydroxyl groups is 2. The molecule has 0 amide bonds. The molecule has 4 N–H and O–H groups in total. The van der Waals surface area contributed by atoms with Gasteiger partial charge in [-0.1, -0.05) is 11.3 Å². The Labute approximate surface area is 173 Å². The van der Waals surface area contributed by atoms with Gasteiger partial charge in [-0.25, -0.2) is 10.0 Å². The summed E-state index contributed by atoms with van der Waals surface area (Å²) in [5, 5.41) is 39.9. The number of thiazole rings is 1. The third-order valence-corrected chi connectivity index (χ3v) is 6.17. The number of halogens is 1. The number of nitrogens with zero attached hydrogens (tertiary/aromatic N) is 1. The van der Waals surface area contributed by atoms with E-state index in [0.717, 1.165) is 9.90 Å². The van der Waals surface area contributed by atoms with Crippen molar-refractivity contribution in [1.29, 1.82) is 0 Å². The molecule has 0 bridgehead atoms. The van der Waals surface area contributed by atoms with Gasteiger partial charge in [-0.15, -0.1) is 17.0 Å². The van der Waals surface area contributed by atoms with Crippen LogP contribution in [0.5, 0.6) is 11.5 Å². The SMILES string of the molecule is Cl.O=C1/C(=C/c2ccc([NH+]([O-])O)cc2)Sc2scc(-c3ccc(O)c(O)c3)[n+]21. The normalized spacial score (nSPS) is 15.4. The van der Waals surface area contributed by atoms with Gasteiger partial charge < -0.3 is 15.4 Å². The number of fused-ring (bicyclic) bond motifs is 1. The molecule has 1 atom stereocenters. The Balaban J connectivity index is 0.00000225. The van der Waals surface area contributed by atoms with Crippen molar-refractivity contribution < 1.29 is 30.0 Å². The number of phenolic OH excluding ortho intramolecular Hbond substituents is 2. The first-order chi connectivity index (χ1) is 12.9. The average molecular weight is 438 g/mol. The number of benzene rings is 2. The Morgan fingerprint density at radius 1 is 1.07 bits per heavy atom. The maximum absolute atomic E-state index is 12.9. The lowest BCUT2D eigenvalue weighted by molar-refractivity contribution is -0.991. The van der Waals surface area contributed by atoms with Crippen molar-refractivity contribution in [2.75, 3.05) is 0 Å². The zero-order chi connectivity index (χ0) is 19.1. The molecule has 10 heteroatoms. The highest BCUT2D eigenvalue weighted by Gasteiger charge is 2.40. The smallest absolute Gasteiger partial charge is 0.433 e. The molecule has 1 aliphatic heterocycles. The first kappa shape index (κ1) is 20.3. The van der Waals surface area contributed by atoms with E-state index in [-0.39, 0.29) is 35.5 Å². The van der Waals surface area contributed by atoms with Crippen molar-refractivity contribution in [3.8, 4) is 22.8 Å². The summed E-state index contributed by atoms with van der Waals surface area (Å²) in [7, 11) is 0. The third-order valence-electron chi connectivity index (χ3n) is 4.03. The molecule has 1 unspecified atom stereocenters. The maximum Gasteiger partial charge on any atom is 0.433 e. The highest BCUT2D eigenvalue weighted by Crippen LogP contribution is 2.39. The molecule has 0 spiro atoms. The van der Waals surface area contributed by atoms with Crippen molar-refractivity contribution >= 4 is 53.2 Å². The van der Waals surface area contributed by atoms with Crippen LogP contribution in [0.25, 0.3) is 17.3 Å². The van der Waals surface area contributed by atoms with Gasteiger partial charge in [0.2, 0.25) is 5.69 Å². The summed E-state index contributed by atoms with van der Waals surface area (Å²) in [5.41, 5.74) is 2.17. The molecule has 2 aromatic carbocycles. The maximum atomic E-state index is 12.9. The van der Waals surface area contributed by atoms with Crippen molar-refractivity contribution in [3.05, 3.63) is 63.5 Å². The summed E-state index contributed by atoms with van der Waals surface area (Å²) in [6.07, 6.45) is 1.72. The largest absolute Gasteiger partial charge is 0.595 e. The van der Waals surface area contributed by atoms with Crippen LogP contribution >= 0.6 is 35.5 Å². The lowest BCUT2D eigenvalue weighted by atomic mass is 10.1. The summed E-state index contributed by atoms with van der Waals surface area (Å²) in [6, 6.07) is 10.7. The average Bonchev–Trinajstić information content (AvgIpc) is 3.19. The number of thioether (sulfide) groups is 1. The summed E-state index contributed by atoms with van der Waals surface area (Å²) < 4.78 is 2.36. The first-order valence-corrected chi connectivity index (χ1v) is 9.47. The number of carbonyl (C=O) groups is 1. The second-order valence-corrected chi connectivity index (χ2v) is 7.92. The molecule has 7 nitrogen and oxygen atoms in total. The summed E-state index contributed by atoms with van der Waals surface area (Å²) in [5.74, 6) is -0.664. The fourth-order valence-electron chi connectivity index (χ4n) is 2.66. The van der Waals surface area contributed by atoms with Crippen LogP contribution in [-0.2, 0) is 0 Å². The molecule has 0 saturated carbocycles. The van der Waals surface area contributed by atoms with E-state index in [9.17, 15) is 20.2 Å².